The average molecular weight is 363 g/mol. The summed E-state index contributed by atoms with van der Waals surface area (Å²) in [7, 11) is 0. The summed E-state index contributed by atoms with van der Waals surface area (Å²) >= 11 is 0. The molecule has 0 saturated heterocycles. The third-order valence-electron chi connectivity index (χ3n) is 3.81. The molecule has 0 saturated carbocycles. The normalized spacial score (nSPS) is 11.7. The summed E-state index contributed by atoms with van der Waals surface area (Å²) in [5.41, 5.74) is 0.619. The number of hydrogen-bond donors (Lipinski definition) is 1. The van der Waals surface area contributed by atoms with E-state index in [1.807, 2.05) is 42.5 Å². The highest BCUT2D eigenvalue weighted by molar-refractivity contribution is 5.92. The number of benzene rings is 3. The first-order valence-corrected chi connectivity index (χ1v) is 8.41. The number of fused-ring (bicyclic) bond motifs is 1. The second-order valence-corrected chi connectivity index (χ2v) is 5.79. The van der Waals surface area contributed by atoms with Gasteiger partial charge in [0.1, 0.15) is 17.2 Å². The fraction of sp³-hybridized carbons (Fsp3) is 0.0952. The fourth-order valence-electron chi connectivity index (χ4n) is 2.57. The van der Waals surface area contributed by atoms with Crippen LogP contribution in [-0.4, -0.2) is 19.3 Å². The van der Waals surface area contributed by atoms with Gasteiger partial charge in [-0.2, -0.15) is 0 Å². The number of para-hydroxylation sites is 1. The number of anilines is 1. The van der Waals surface area contributed by atoms with Gasteiger partial charge in [0.2, 0.25) is 6.79 Å². The highest BCUT2D eigenvalue weighted by atomic mass is 16.7. The van der Waals surface area contributed by atoms with Gasteiger partial charge in [-0.15, -0.1) is 0 Å². The minimum atomic E-state index is -0.275. The molecule has 4 rings (SSSR count). The SMILES string of the molecule is O=C(COc1cccc(Oc2ccccc2)c1)Nc1ccc2c(c1)OCO2. The van der Waals surface area contributed by atoms with E-state index in [0.717, 1.165) is 5.75 Å². The lowest BCUT2D eigenvalue weighted by Crippen LogP contribution is -2.20. The maximum Gasteiger partial charge on any atom is 0.262 e. The lowest BCUT2D eigenvalue weighted by atomic mass is 10.3. The summed E-state index contributed by atoms with van der Waals surface area (Å²) in [6.45, 7) is 0.0699. The molecule has 0 unspecified atom stereocenters. The number of carbonyl (C=O) groups is 1. The number of ether oxygens (including phenoxy) is 4. The van der Waals surface area contributed by atoms with Crippen molar-refractivity contribution >= 4 is 11.6 Å². The Morgan fingerprint density at radius 1 is 0.852 bits per heavy atom. The molecular formula is C21H17NO5. The Morgan fingerprint density at radius 2 is 1.63 bits per heavy atom. The van der Waals surface area contributed by atoms with Gasteiger partial charge in [-0.25, -0.2) is 0 Å². The van der Waals surface area contributed by atoms with Gasteiger partial charge in [-0.05, 0) is 36.4 Å². The van der Waals surface area contributed by atoms with E-state index in [-0.39, 0.29) is 19.3 Å². The smallest absolute Gasteiger partial charge is 0.262 e. The first-order chi connectivity index (χ1) is 13.3. The molecule has 1 aliphatic heterocycles. The molecule has 0 aromatic heterocycles. The molecule has 0 radical (unpaired) electrons. The van der Waals surface area contributed by atoms with Crippen LogP contribution >= 0.6 is 0 Å². The van der Waals surface area contributed by atoms with Gasteiger partial charge in [0.25, 0.3) is 5.91 Å². The van der Waals surface area contributed by atoms with Crippen LogP contribution in [0.5, 0.6) is 28.7 Å². The molecular weight excluding hydrogens is 346 g/mol. The molecule has 6 nitrogen and oxygen atoms in total. The number of rotatable bonds is 6. The lowest BCUT2D eigenvalue weighted by molar-refractivity contribution is -0.118. The van der Waals surface area contributed by atoms with Gasteiger partial charge >= 0.3 is 0 Å². The van der Waals surface area contributed by atoms with Crippen molar-refractivity contribution in [2.45, 2.75) is 0 Å². The van der Waals surface area contributed by atoms with E-state index in [2.05, 4.69) is 5.32 Å². The molecule has 0 bridgehead atoms. The van der Waals surface area contributed by atoms with E-state index in [9.17, 15) is 4.79 Å². The number of amides is 1. The summed E-state index contributed by atoms with van der Waals surface area (Å²) < 4.78 is 21.9. The third kappa shape index (κ3) is 4.30. The van der Waals surface area contributed by atoms with Crippen LogP contribution in [0.4, 0.5) is 5.69 Å². The van der Waals surface area contributed by atoms with Crippen LogP contribution < -0.4 is 24.3 Å². The predicted molar refractivity (Wildman–Crippen MR) is 99.6 cm³/mol. The zero-order valence-electron chi connectivity index (χ0n) is 14.4. The van der Waals surface area contributed by atoms with Crippen molar-refractivity contribution in [1.82, 2.24) is 0 Å². The second-order valence-electron chi connectivity index (χ2n) is 5.79. The van der Waals surface area contributed by atoms with Crippen LogP contribution in [0, 0.1) is 0 Å². The van der Waals surface area contributed by atoms with E-state index in [1.165, 1.54) is 0 Å². The van der Waals surface area contributed by atoms with Crippen LogP contribution in [0.25, 0.3) is 0 Å². The zero-order valence-corrected chi connectivity index (χ0v) is 14.4. The largest absolute Gasteiger partial charge is 0.484 e. The van der Waals surface area contributed by atoms with E-state index in [0.29, 0.717) is 28.7 Å². The average Bonchev–Trinajstić information content (AvgIpc) is 3.15. The van der Waals surface area contributed by atoms with Crippen LogP contribution in [0.2, 0.25) is 0 Å². The van der Waals surface area contributed by atoms with Gasteiger partial charge in [-0.1, -0.05) is 24.3 Å². The summed E-state index contributed by atoms with van der Waals surface area (Å²) in [6.07, 6.45) is 0. The first-order valence-electron chi connectivity index (χ1n) is 8.41. The molecule has 1 N–H and O–H groups in total. The number of nitrogens with one attached hydrogen (secondary N) is 1. The van der Waals surface area contributed by atoms with Crippen LogP contribution in [0.3, 0.4) is 0 Å². The quantitative estimate of drug-likeness (QED) is 0.710. The first kappa shape index (κ1) is 16.8. The van der Waals surface area contributed by atoms with Crippen LogP contribution in [-0.2, 0) is 4.79 Å². The van der Waals surface area contributed by atoms with Gasteiger partial charge in [0.15, 0.2) is 18.1 Å². The molecule has 6 heteroatoms. The van der Waals surface area contributed by atoms with Gasteiger partial charge < -0.3 is 24.3 Å². The Kier molecular flexibility index (Phi) is 4.78. The minimum Gasteiger partial charge on any atom is -0.484 e. The molecule has 3 aromatic rings. The highest BCUT2D eigenvalue weighted by Gasteiger charge is 2.14. The van der Waals surface area contributed by atoms with Crippen molar-refractivity contribution in [2.75, 3.05) is 18.7 Å². The monoisotopic (exact) mass is 363 g/mol. The Labute approximate surface area is 156 Å². The lowest BCUT2D eigenvalue weighted by Gasteiger charge is -2.10. The topological polar surface area (TPSA) is 66.0 Å². The van der Waals surface area contributed by atoms with E-state index in [4.69, 9.17) is 18.9 Å². The van der Waals surface area contributed by atoms with Crippen molar-refractivity contribution in [3.05, 3.63) is 72.8 Å². The summed E-state index contributed by atoms with van der Waals surface area (Å²) in [5.74, 6) is 2.91. The molecule has 136 valence electrons. The predicted octanol–water partition coefficient (Wildman–Crippen LogP) is 4.23. The molecule has 0 fully saturated rings. The maximum atomic E-state index is 12.1. The van der Waals surface area contributed by atoms with Gasteiger partial charge in [0, 0.05) is 17.8 Å². The number of hydrogen-bond acceptors (Lipinski definition) is 5. The maximum absolute atomic E-state index is 12.1. The molecule has 1 aliphatic rings. The van der Waals surface area contributed by atoms with Gasteiger partial charge in [0.05, 0.1) is 0 Å². The second kappa shape index (κ2) is 7.70. The third-order valence-corrected chi connectivity index (χ3v) is 3.81. The Bertz CT molecular complexity index is 942. The van der Waals surface area contributed by atoms with Crippen molar-refractivity contribution in [3.63, 3.8) is 0 Å². The van der Waals surface area contributed by atoms with Crippen LogP contribution in [0.1, 0.15) is 0 Å². The molecule has 27 heavy (non-hydrogen) atoms. The van der Waals surface area contributed by atoms with Crippen LogP contribution in [0.15, 0.2) is 72.8 Å². The molecule has 1 heterocycles. The fourth-order valence-corrected chi connectivity index (χ4v) is 2.57. The van der Waals surface area contributed by atoms with E-state index < -0.39 is 0 Å². The highest BCUT2D eigenvalue weighted by Crippen LogP contribution is 2.34. The Morgan fingerprint density at radius 3 is 2.52 bits per heavy atom. The number of carbonyl (C=O) groups excluding carboxylic acids is 1. The molecule has 0 aliphatic carbocycles. The van der Waals surface area contributed by atoms with Crippen molar-refractivity contribution in [3.8, 4) is 28.7 Å². The molecule has 0 atom stereocenters. The van der Waals surface area contributed by atoms with Crippen molar-refractivity contribution < 1.29 is 23.7 Å². The summed E-state index contributed by atoms with van der Waals surface area (Å²) in [6, 6.07) is 21.8. The van der Waals surface area contributed by atoms with E-state index in [1.54, 1.807) is 30.3 Å². The molecule has 1 amide bonds. The molecule has 0 spiro atoms. The summed E-state index contributed by atoms with van der Waals surface area (Å²) in [4.78, 5) is 12.1. The Hall–Kier alpha value is -3.67. The Balaban J connectivity index is 1.33. The van der Waals surface area contributed by atoms with E-state index >= 15 is 0 Å². The van der Waals surface area contributed by atoms with Crippen molar-refractivity contribution in [1.29, 1.82) is 0 Å². The molecule has 3 aromatic carbocycles. The standard InChI is InChI=1S/C21H17NO5/c23-21(22-15-9-10-19-20(11-15)26-14-25-19)13-24-17-7-4-8-18(12-17)27-16-5-2-1-3-6-16/h1-12H,13-14H2,(H,22,23). The van der Waals surface area contributed by atoms with Gasteiger partial charge in [-0.3, -0.25) is 4.79 Å². The summed E-state index contributed by atoms with van der Waals surface area (Å²) in [5, 5.41) is 2.77. The van der Waals surface area contributed by atoms with Crippen molar-refractivity contribution in [2.24, 2.45) is 0 Å². The minimum absolute atomic E-state index is 0.122. The zero-order chi connectivity index (χ0) is 18.5.